The van der Waals surface area contributed by atoms with Gasteiger partial charge in [0.15, 0.2) is 0 Å². The zero-order valence-electron chi connectivity index (χ0n) is 21.4. The summed E-state index contributed by atoms with van der Waals surface area (Å²) in [5, 5.41) is 4.51. The number of halogens is 1. The molecule has 10 nitrogen and oxygen atoms in total. The molecule has 1 spiro atoms. The van der Waals surface area contributed by atoms with Crippen molar-refractivity contribution in [3.63, 3.8) is 0 Å². The number of methoxy groups -OCH3 is 1. The minimum Gasteiger partial charge on any atom is -0.497 e. The van der Waals surface area contributed by atoms with Gasteiger partial charge in [0.05, 0.1) is 7.11 Å². The zero-order valence-corrected chi connectivity index (χ0v) is 21.4. The molecule has 1 atom stereocenters. The molecule has 1 aliphatic heterocycles. The molecular formula is C28H26FN7O3. The Morgan fingerprint density at radius 3 is 2.82 bits per heavy atom. The third kappa shape index (κ3) is 4.49. The maximum atomic E-state index is 15.6. The van der Waals surface area contributed by atoms with Crippen LogP contribution in [-0.4, -0.2) is 44.0 Å². The number of carbonyl (C=O) groups excluding carboxylic acids is 1. The molecular weight excluding hydrogens is 501 g/mol. The number of nitrogen functional groups attached to an aromatic ring is 1. The summed E-state index contributed by atoms with van der Waals surface area (Å²) < 4.78 is 22.6. The normalized spacial score (nSPS) is 17.6. The number of imidazole rings is 1. The number of ether oxygens (including phenoxy) is 1. The minimum absolute atomic E-state index is 0.125. The molecule has 198 valence electrons. The Hall–Kier alpha value is -4.69. The summed E-state index contributed by atoms with van der Waals surface area (Å²) in [5.74, 6) is 3.35. The number of aromatic nitrogens is 4. The van der Waals surface area contributed by atoms with Crippen molar-refractivity contribution in [2.45, 2.75) is 32.2 Å². The van der Waals surface area contributed by atoms with Crippen molar-refractivity contribution in [2.75, 3.05) is 24.7 Å². The van der Waals surface area contributed by atoms with E-state index in [0.29, 0.717) is 22.8 Å². The number of hydroxylamine groups is 2. The molecule has 6 rings (SSSR count). The Morgan fingerprint density at radius 1 is 1.23 bits per heavy atom. The van der Waals surface area contributed by atoms with Gasteiger partial charge in [0.2, 0.25) is 0 Å². The minimum atomic E-state index is -0.619. The van der Waals surface area contributed by atoms with Crippen LogP contribution in [0, 0.1) is 23.3 Å². The van der Waals surface area contributed by atoms with Crippen molar-refractivity contribution in [1.29, 1.82) is 0 Å². The SMILES string of the molecule is CC#CON1CC2(CC2)C[C@H]1c1nc(-c2ccc(C(=O)Nc3cc(OC)ccn3)cc2F)c2c(N)nccn12. The van der Waals surface area contributed by atoms with E-state index < -0.39 is 11.7 Å². The summed E-state index contributed by atoms with van der Waals surface area (Å²) in [5.41, 5.74) is 7.62. The lowest BCUT2D eigenvalue weighted by atomic mass is 10.0. The van der Waals surface area contributed by atoms with Gasteiger partial charge in [-0.1, -0.05) is 5.92 Å². The molecule has 0 bridgehead atoms. The molecule has 0 unspecified atom stereocenters. The molecule has 2 fully saturated rings. The highest BCUT2D eigenvalue weighted by molar-refractivity contribution is 6.04. The molecule has 4 heterocycles. The number of pyridine rings is 1. The van der Waals surface area contributed by atoms with Gasteiger partial charge in [0.1, 0.15) is 52.4 Å². The van der Waals surface area contributed by atoms with Gasteiger partial charge in [-0.25, -0.2) is 19.3 Å². The van der Waals surface area contributed by atoms with E-state index in [1.165, 1.54) is 31.5 Å². The Kier molecular flexibility index (Phi) is 6.04. The Balaban J connectivity index is 1.36. The van der Waals surface area contributed by atoms with E-state index in [2.05, 4.69) is 27.3 Å². The van der Waals surface area contributed by atoms with Crippen molar-refractivity contribution in [2.24, 2.45) is 5.41 Å². The second kappa shape index (κ2) is 9.56. The van der Waals surface area contributed by atoms with Gasteiger partial charge in [-0.05, 0) is 48.9 Å². The number of carbonyl (C=O) groups is 1. The topological polar surface area (TPSA) is 120 Å². The standard InChI is InChI=1S/C28H26FN7O3/c1-3-12-39-36-16-28(7-8-28)15-21(36)26-34-23(24-25(30)32-10-11-35(24)26)19-5-4-17(13-20(19)29)27(37)33-22-14-18(38-2)6-9-31-22/h4-6,9-11,13-14,21H,7-8,15-16H2,1-2H3,(H2,30,32)(H,31,33,37)/t21-/m0/s1. The quantitative estimate of drug-likeness (QED) is 0.358. The van der Waals surface area contributed by atoms with E-state index >= 15 is 4.39 Å². The van der Waals surface area contributed by atoms with Gasteiger partial charge < -0.3 is 20.6 Å². The summed E-state index contributed by atoms with van der Waals surface area (Å²) in [6.07, 6.45) is 10.6. The summed E-state index contributed by atoms with van der Waals surface area (Å²) in [4.78, 5) is 31.8. The maximum Gasteiger partial charge on any atom is 0.256 e. The first-order valence-electron chi connectivity index (χ1n) is 12.5. The Bertz CT molecular complexity index is 1650. The van der Waals surface area contributed by atoms with Crippen LogP contribution in [0.5, 0.6) is 5.75 Å². The number of fused-ring (bicyclic) bond motifs is 1. The lowest BCUT2D eigenvalue weighted by molar-refractivity contribution is -0.106. The van der Waals surface area contributed by atoms with Crippen LogP contribution in [0.2, 0.25) is 0 Å². The predicted octanol–water partition coefficient (Wildman–Crippen LogP) is 4.21. The van der Waals surface area contributed by atoms with Crippen LogP contribution in [0.25, 0.3) is 16.8 Å². The van der Waals surface area contributed by atoms with Crippen molar-refractivity contribution in [1.82, 2.24) is 24.4 Å². The van der Waals surface area contributed by atoms with Crippen LogP contribution >= 0.6 is 0 Å². The highest BCUT2D eigenvalue weighted by atomic mass is 19.1. The number of anilines is 2. The molecule has 1 aliphatic carbocycles. The zero-order chi connectivity index (χ0) is 27.1. The van der Waals surface area contributed by atoms with Gasteiger partial charge >= 0.3 is 0 Å². The molecule has 1 saturated carbocycles. The lowest BCUT2D eigenvalue weighted by Gasteiger charge is -2.19. The van der Waals surface area contributed by atoms with E-state index in [1.54, 1.807) is 31.5 Å². The summed E-state index contributed by atoms with van der Waals surface area (Å²) in [6.45, 7) is 2.46. The van der Waals surface area contributed by atoms with E-state index in [-0.39, 0.29) is 34.2 Å². The van der Waals surface area contributed by atoms with Crippen LogP contribution in [0.4, 0.5) is 16.0 Å². The first kappa shape index (κ1) is 24.6. The fourth-order valence-corrected chi connectivity index (χ4v) is 5.13. The third-order valence-electron chi connectivity index (χ3n) is 7.29. The number of amides is 1. The smallest absolute Gasteiger partial charge is 0.256 e. The van der Waals surface area contributed by atoms with Gasteiger partial charge in [-0.3, -0.25) is 9.20 Å². The largest absolute Gasteiger partial charge is 0.497 e. The number of rotatable bonds is 6. The second-order valence-electron chi connectivity index (χ2n) is 9.82. The average Bonchev–Trinajstić information content (AvgIpc) is 3.43. The first-order valence-corrected chi connectivity index (χ1v) is 12.5. The molecule has 0 radical (unpaired) electrons. The maximum absolute atomic E-state index is 15.6. The summed E-state index contributed by atoms with van der Waals surface area (Å²) in [6, 6.07) is 7.27. The molecule has 1 aromatic carbocycles. The van der Waals surface area contributed by atoms with Crippen LogP contribution in [0.15, 0.2) is 48.9 Å². The lowest BCUT2D eigenvalue weighted by Crippen LogP contribution is -2.24. The van der Waals surface area contributed by atoms with Gasteiger partial charge in [0, 0.05) is 49.3 Å². The summed E-state index contributed by atoms with van der Waals surface area (Å²) in [7, 11) is 1.52. The van der Waals surface area contributed by atoms with E-state index in [9.17, 15) is 4.79 Å². The van der Waals surface area contributed by atoms with E-state index in [4.69, 9.17) is 20.3 Å². The second-order valence-corrected chi connectivity index (χ2v) is 9.82. The number of hydrogen-bond acceptors (Lipinski definition) is 8. The number of nitrogens with zero attached hydrogens (tertiary/aromatic N) is 5. The highest BCUT2D eigenvalue weighted by Gasteiger charge is 2.54. The number of nitrogens with two attached hydrogens (primary N) is 1. The van der Waals surface area contributed by atoms with Crippen LogP contribution in [0.1, 0.15) is 48.4 Å². The first-order chi connectivity index (χ1) is 18.9. The van der Waals surface area contributed by atoms with Crippen LogP contribution < -0.4 is 15.8 Å². The van der Waals surface area contributed by atoms with Crippen molar-refractivity contribution < 1.29 is 18.8 Å². The van der Waals surface area contributed by atoms with Crippen LogP contribution in [0.3, 0.4) is 0 Å². The van der Waals surface area contributed by atoms with Crippen molar-refractivity contribution in [3.8, 4) is 29.0 Å². The fourth-order valence-electron chi connectivity index (χ4n) is 5.13. The van der Waals surface area contributed by atoms with Gasteiger partial charge in [-0.15, -0.1) is 5.06 Å². The van der Waals surface area contributed by atoms with Crippen LogP contribution in [-0.2, 0) is 4.84 Å². The predicted molar refractivity (Wildman–Crippen MR) is 142 cm³/mol. The Labute approximate surface area is 223 Å². The molecule has 3 aromatic heterocycles. The van der Waals surface area contributed by atoms with E-state index in [1.807, 2.05) is 9.46 Å². The third-order valence-corrected chi connectivity index (χ3v) is 7.29. The van der Waals surface area contributed by atoms with Crippen molar-refractivity contribution >= 4 is 23.1 Å². The molecule has 2 aliphatic rings. The average molecular weight is 528 g/mol. The number of benzene rings is 1. The molecule has 3 N–H and O–H groups in total. The monoisotopic (exact) mass is 527 g/mol. The van der Waals surface area contributed by atoms with E-state index in [0.717, 1.165) is 25.8 Å². The Morgan fingerprint density at radius 2 is 2.08 bits per heavy atom. The highest BCUT2D eigenvalue weighted by Crippen LogP contribution is 2.58. The van der Waals surface area contributed by atoms with Gasteiger partial charge in [-0.2, -0.15) is 0 Å². The molecule has 1 saturated heterocycles. The van der Waals surface area contributed by atoms with Crippen molar-refractivity contribution in [3.05, 3.63) is 66.1 Å². The number of hydrogen-bond donors (Lipinski definition) is 2. The molecule has 4 aromatic rings. The molecule has 1 amide bonds. The molecule has 39 heavy (non-hydrogen) atoms. The number of nitrogens with one attached hydrogen (secondary N) is 1. The summed E-state index contributed by atoms with van der Waals surface area (Å²) >= 11 is 0. The molecule has 11 heteroatoms. The fraction of sp³-hybridized carbons (Fsp3) is 0.286. The van der Waals surface area contributed by atoms with Gasteiger partial charge in [0.25, 0.3) is 5.91 Å².